The van der Waals surface area contributed by atoms with E-state index >= 15 is 0 Å². The van der Waals surface area contributed by atoms with Crippen molar-refractivity contribution in [2.45, 2.75) is 6.92 Å². The highest BCUT2D eigenvalue weighted by Gasteiger charge is 2.11. The van der Waals surface area contributed by atoms with E-state index in [1.54, 1.807) is 12.1 Å². The summed E-state index contributed by atoms with van der Waals surface area (Å²) in [5.41, 5.74) is 4.31. The average Bonchev–Trinajstić information content (AvgIpc) is 2.58. The second-order valence-electron chi connectivity index (χ2n) is 4.91. The van der Waals surface area contributed by atoms with Crippen LogP contribution >= 0.6 is 0 Å². The maximum Gasteiger partial charge on any atom is 0.276 e. The van der Waals surface area contributed by atoms with Gasteiger partial charge in [0.05, 0.1) is 0 Å². The van der Waals surface area contributed by atoms with Crippen molar-refractivity contribution in [1.82, 2.24) is 10.2 Å². The van der Waals surface area contributed by atoms with Gasteiger partial charge in [0.2, 0.25) is 0 Å². The molecule has 0 unspecified atom stereocenters. The van der Waals surface area contributed by atoms with Crippen molar-refractivity contribution in [3.8, 4) is 11.1 Å². The van der Waals surface area contributed by atoms with Crippen LogP contribution in [0.4, 0.5) is 5.69 Å². The Balaban J connectivity index is 1.91. The Morgan fingerprint density at radius 3 is 2.50 bits per heavy atom. The summed E-state index contributed by atoms with van der Waals surface area (Å²) in [4.78, 5) is 12.2. The van der Waals surface area contributed by atoms with Crippen LogP contribution in [0, 0.1) is 6.92 Å². The van der Waals surface area contributed by atoms with Gasteiger partial charge in [0.25, 0.3) is 5.91 Å². The molecule has 0 aliphatic carbocycles. The molecule has 0 spiro atoms. The molecule has 0 aliphatic rings. The van der Waals surface area contributed by atoms with Gasteiger partial charge < -0.3 is 5.32 Å². The van der Waals surface area contributed by atoms with E-state index in [0.717, 1.165) is 22.4 Å². The van der Waals surface area contributed by atoms with Gasteiger partial charge in [-0.05, 0) is 41.8 Å². The minimum atomic E-state index is -0.263. The van der Waals surface area contributed by atoms with Gasteiger partial charge in [-0.2, -0.15) is 5.10 Å². The smallest absolute Gasteiger partial charge is 0.276 e. The van der Waals surface area contributed by atoms with Crippen LogP contribution in [0.3, 0.4) is 0 Å². The molecule has 0 aliphatic heterocycles. The predicted molar refractivity (Wildman–Crippen MR) is 86.6 cm³/mol. The van der Waals surface area contributed by atoms with Crippen molar-refractivity contribution in [2.24, 2.45) is 0 Å². The summed E-state index contributed by atoms with van der Waals surface area (Å²) in [5.74, 6) is -0.263. The predicted octanol–water partition coefficient (Wildman–Crippen LogP) is 3.70. The Morgan fingerprint density at radius 1 is 0.955 bits per heavy atom. The van der Waals surface area contributed by atoms with Crippen LogP contribution in [0.5, 0.6) is 0 Å². The fourth-order valence-electron chi connectivity index (χ4n) is 2.31. The van der Waals surface area contributed by atoms with E-state index in [9.17, 15) is 4.79 Å². The highest BCUT2D eigenvalue weighted by atomic mass is 16.1. The van der Waals surface area contributed by atoms with Crippen molar-refractivity contribution in [2.75, 3.05) is 5.32 Å². The first-order valence-electron chi connectivity index (χ1n) is 7.00. The molecule has 0 radical (unpaired) electrons. The standard InChI is InChI=1S/C18H15N3O/c1-13-15(14-7-3-2-4-8-14)9-5-10-16(13)20-18(22)17-11-6-12-19-21-17/h2-12H,1H3,(H,20,22). The van der Waals surface area contributed by atoms with E-state index in [1.165, 1.54) is 6.20 Å². The fraction of sp³-hybridized carbons (Fsp3) is 0.0556. The number of hydrogen-bond donors (Lipinski definition) is 1. The van der Waals surface area contributed by atoms with Crippen LogP contribution < -0.4 is 5.32 Å². The molecule has 108 valence electrons. The first kappa shape index (κ1) is 13.9. The molecule has 3 rings (SSSR count). The zero-order chi connectivity index (χ0) is 15.4. The summed E-state index contributed by atoms with van der Waals surface area (Å²) in [6.07, 6.45) is 1.54. The van der Waals surface area contributed by atoms with Crippen LogP contribution in [-0.4, -0.2) is 16.1 Å². The molecule has 0 fully saturated rings. The highest BCUT2D eigenvalue weighted by Crippen LogP contribution is 2.28. The molecule has 2 aromatic carbocycles. The van der Waals surface area contributed by atoms with Crippen molar-refractivity contribution >= 4 is 11.6 Å². The first-order valence-corrected chi connectivity index (χ1v) is 7.00. The summed E-state index contributed by atoms with van der Waals surface area (Å²) in [5, 5.41) is 10.4. The first-order chi connectivity index (χ1) is 10.8. The quantitative estimate of drug-likeness (QED) is 0.799. The molecule has 1 amide bonds. The van der Waals surface area contributed by atoms with Gasteiger partial charge in [0.15, 0.2) is 5.69 Å². The normalized spacial score (nSPS) is 10.2. The maximum absolute atomic E-state index is 12.2. The lowest BCUT2D eigenvalue weighted by Crippen LogP contribution is -2.15. The van der Waals surface area contributed by atoms with E-state index < -0.39 is 0 Å². The minimum Gasteiger partial charge on any atom is -0.320 e. The lowest BCUT2D eigenvalue weighted by molar-refractivity contribution is 0.102. The van der Waals surface area contributed by atoms with E-state index in [1.807, 2.05) is 43.3 Å². The monoisotopic (exact) mass is 289 g/mol. The molecule has 3 aromatic rings. The van der Waals surface area contributed by atoms with Crippen LogP contribution in [-0.2, 0) is 0 Å². The van der Waals surface area contributed by atoms with E-state index in [-0.39, 0.29) is 5.91 Å². The van der Waals surface area contributed by atoms with E-state index in [2.05, 4.69) is 27.6 Å². The van der Waals surface area contributed by atoms with Gasteiger partial charge in [-0.3, -0.25) is 4.79 Å². The second-order valence-corrected chi connectivity index (χ2v) is 4.91. The average molecular weight is 289 g/mol. The number of carbonyl (C=O) groups is 1. The topological polar surface area (TPSA) is 54.9 Å². The molecular weight excluding hydrogens is 274 g/mol. The SMILES string of the molecule is Cc1c(NC(=O)c2cccnn2)cccc1-c1ccccc1. The maximum atomic E-state index is 12.2. The second kappa shape index (κ2) is 6.18. The summed E-state index contributed by atoms with van der Waals surface area (Å²) >= 11 is 0. The molecule has 1 N–H and O–H groups in total. The van der Waals surface area contributed by atoms with Gasteiger partial charge in [0.1, 0.15) is 0 Å². The molecule has 1 aromatic heterocycles. The lowest BCUT2D eigenvalue weighted by atomic mass is 9.99. The van der Waals surface area contributed by atoms with Gasteiger partial charge in [-0.25, -0.2) is 0 Å². The molecule has 0 bridgehead atoms. The summed E-state index contributed by atoms with van der Waals surface area (Å²) in [6, 6.07) is 19.3. The Morgan fingerprint density at radius 2 is 1.77 bits per heavy atom. The number of anilines is 1. The van der Waals surface area contributed by atoms with Crippen LogP contribution in [0.15, 0.2) is 66.9 Å². The van der Waals surface area contributed by atoms with Crippen molar-refractivity contribution in [1.29, 1.82) is 0 Å². The highest BCUT2D eigenvalue weighted by molar-refractivity contribution is 6.03. The van der Waals surface area contributed by atoms with Crippen LogP contribution in [0.25, 0.3) is 11.1 Å². The van der Waals surface area contributed by atoms with Crippen molar-refractivity contribution in [3.63, 3.8) is 0 Å². The molecule has 0 atom stereocenters. The molecule has 0 saturated carbocycles. The van der Waals surface area contributed by atoms with Gasteiger partial charge in [-0.1, -0.05) is 42.5 Å². The van der Waals surface area contributed by atoms with E-state index in [4.69, 9.17) is 0 Å². The zero-order valence-electron chi connectivity index (χ0n) is 12.2. The van der Waals surface area contributed by atoms with Gasteiger partial charge in [-0.15, -0.1) is 5.10 Å². The third-order valence-electron chi connectivity index (χ3n) is 3.47. The molecule has 0 saturated heterocycles. The zero-order valence-corrected chi connectivity index (χ0v) is 12.2. The van der Waals surface area contributed by atoms with Crippen LogP contribution in [0.1, 0.15) is 16.1 Å². The summed E-state index contributed by atoms with van der Waals surface area (Å²) in [6.45, 7) is 1.99. The lowest BCUT2D eigenvalue weighted by Gasteiger charge is -2.12. The molecule has 4 heteroatoms. The number of carbonyl (C=O) groups excluding carboxylic acids is 1. The summed E-state index contributed by atoms with van der Waals surface area (Å²) in [7, 11) is 0. The number of rotatable bonds is 3. The van der Waals surface area contributed by atoms with Crippen LogP contribution in [0.2, 0.25) is 0 Å². The van der Waals surface area contributed by atoms with Gasteiger partial charge >= 0.3 is 0 Å². The number of benzene rings is 2. The number of nitrogens with zero attached hydrogens (tertiary/aromatic N) is 2. The Labute approximate surface area is 128 Å². The van der Waals surface area contributed by atoms with Crippen molar-refractivity contribution in [3.05, 3.63) is 78.1 Å². The van der Waals surface area contributed by atoms with E-state index in [0.29, 0.717) is 5.69 Å². The largest absolute Gasteiger partial charge is 0.320 e. The number of hydrogen-bond acceptors (Lipinski definition) is 3. The molecule has 22 heavy (non-hydrogen) atoms. The minimum absolute atomic E-state index is 0.263. The molecular formula is C18H15N3O. The fourth-order valence-corrected chi connectivity index (χ4v) is 2.31. The van der Waals surface area contributed by atoms with Crippen molar-refractivity contribution < 1.29 is 4.79 Å². The number of amides is 1. The number of aromatic nitrogens is 2. The summed E-state index contributed by atoms with van der Waals surface area (Å²) < 4.78 is 0. The Hall–Kier alpha value is -3.01. The number of nitrogens with one attached hydrogen (secondary N) is 1. The van der Waals surface area contributed by atoms with Gasteiger partial charge in [0, 0.05) is 11.9 Å². The molecule has 4 nitrogen and oxygen atoms in total. The third kappa shape index (κ3) is 2.86. The Kier molecular flexibility index (Phi) is 3.92. The molecule has 1 heterocycles. The Bertz CT molecular complexity index is 786. The third-order valence-corrected chi connectivity index (χ3v) is 3.47.